The number of imidazole rings is 1. The number of nitrogens with one attached hydrogen (secondary N) is 2. The Morgan fingerprint density at radius 1 is 1.35 bits per heavy atom. The summed E-state index contributed by atoms with van der Waals surface area (Å²) in [7, 11) is 1.98. The van der Waals surface area contributed by atoms with Crippen LogP contribution in [0.25, 0.3) is 0 Å². The normalized spacial score (nSPS) is 18.9. The van der Waals surface area contributed by atoms with Gasteiger partial charge >= 0.3 is 0 Å². The fraction of sp³-hybridized carbons (Fsp3) is 0.500. The van der Waals surface area contributed by atoms with E-state index < -0.39 is 0 Å². The third-order valence-electron chi connectivity index (χ3n) is 3.74. The van der Waals surface area contributed by atoms with Crippen molar-refractivity contribution in [2.75, 3.05) is 18.4 Å². The van der Waals surface area contributed by atoms with Gasteiger partial charge in [0.15, 0.2) is 0 Å². The van der Waals surface area contributed by atoms with Crippen LogP contribution in [0, 0.1) is 0 Å². The molecule has 1 saturated heterocycles. The van der Waals surface area contributed by atoms with Crippen molar-refractivity contribution in [1.82, 2.24) is 24.8 Å². The number of aryl methyl sites for hydroxylation is 1. The highest BCUT2D eigenvalue weighted by Gasteiger charge is 2.16. The molecule has 2 aromatic heterocycles. The molecule has 2 aromatic rings. The van der Waals surface area contributed by atoms with Gasteiger partial charge in [0.1, 0.15) is 11.6 Å². The quantitative estimate of drug-likeness (QED) is 0.878. The molecule has 0 saturated carbocycles. The molecule has 0 aliphatic carbocycles. The number of hydrogen-bond donors (Lipinski definition) is 2. The van der Waals surface area contributed by atoms with E-state index in [9.17, 15) is 0 Å². The zero-order valence-electron chi connectivity index (χ0n) is 11.7. The number of hydrogen-bond acceptors (Lipinski definition) is 5. The minimum Gasteiger partial charge on any atom is -0.362 e. The Labute approximate surface area is 118 Å². The van der Waals surface area contributed by atoms with Gasteiger partial charge in [-0.1, -0.05) is 0 Å². The number of nitrogens with zero attached hydrogens (tertiary/aromatic N) is 4. The van der Waals surface area contributed by atoms with E-state index in [2.05, 4.69) is 25.6 Å². The van der Waals surface area contributed by atoms with E-state index in [4.69, 9.17) is 0 Å². The molecule has 0 radical (unpaired) electrons. The molecule has 6 nitrogen and oxygen atoms in total. The third kappa shape index (κ3) is 2.96. The summed E-state index contributed by atoms with van der Waals surface area (Å²) in [6, 6.07) is 0. The molecular weight excluding hydrogens is 252 g/mol. The first-order valence-electron chi connectivity index (χ1n) is 7.05. The van der Waals surface area contributed by atoms with Gasteiger partial charge in [-0.2, -0.15) is 0 Å². The SMILES string of the molecule is Cn1ccnc1CNc1cnc([C@H]2CCCNC2)cn1. The second-order valence-electron chi connectivity index (χ2n) is 5.18. The van der Waals surface area contributed by atoms with Crippen molar-refractivity contribution in [3.63, 3.8) is 0 Å². The van der Waals surface area contributed by atoms with E-state index in [0.717, 1.165) is 30.4 Å². The molecule has 0 bridgehead atoms. The van der Waals surface area contributed by atoms with Crippen molar-refractivity contribution in [3.8, 4) is 0 Å². The smallest absolute Gasteiger partial charge is 0.144 e. The summed E-state index contributed by atoms with van der Waals surface area (Å²) in [5.41, 5.74) is 1.08. The van der Waals surface area contributed by atoms with E-state index in [-0.39, 0.29) is 0 Å². The maximum Gasteiger partial charge on any atom is 0.144 e. The minimum absolute atomic E-state index is 0.500. The summed E-state index contributed by atoms with van der Waals surface area (Å²) in [4.78, 5) is 13.2. The third-order valence-corrected chi connectivity index (χ3v) is 3.74. The first-order valence-corrected chi connectivity index (χ1v) is 7.05. The second kappa shape index (κ2) is 6.00. The Hall–Kier alpha value is -1.95. The molecule has 3 rings (SSSR count). The molecule has 0 spiro atoms. The highest BCUT2D eigenvalue weighted by molar-refractivity contribution is 5.31. The molecule has 0 unspecified atom stereocenters. The fourth-order valence-electron chi connectivity index (χ4n) is 2.48. The van der Waals surface area contributed by atoms with Crippen LogP contribution in [-0.4, -0.2) is 32.6 Å². The van der Waals surface area contributed by atoms with Crippen LogP contribution >= 0.6 is 0 Å². The van der Waals surface area contributed by atoms with Gasteiger partial charge in [-0.15, -0.1) is 0 Å². The summed E-state index contributed by atoms with van der Waals surface area (Å²) in [6.07, 6.45) is 9.84. The fourth-order valence-corrected chi connectivity index (χ4v) is 2.48. The molecule has 1 atom stereocenters. The van der Waals surface area contributed by atoms with Crippen molar-refractivity contribution in [3.05, 3.63) is 36.3 Å². The van der Waals surface area contributed by atoms with E-state index in [0.29, 0.717) is 12.5 Å². The molecule has 1 fully saturated rings. The summed E-state index contributed by atoms with van der Waals surface area (Å²) < 4.78 is 1.99. The lowest BCUT2D eigenvalue weighted by molar-refractivity contribution is 0.454. The lowest BCUT2D eigenvalue weighted by Gasteiger charge is -2.21. The Morgan fingerprint density at radius 3 is 2.95 bits per heavy atom. The number of piperidine rings is 1. The van der Waals surface area contributed by atoms with Crippen molar-refractivity contribution >= 4 is 5.82 Å². The Balaban J connectivity index is 1.59. The summed E-state index contributed by atoms with van der Waals surface area (Å²) in [6.45, 7) is 2.78. The standard InChI is InChI=1S/C14H20N6/c1-20-6-5-16-14(20)10-19-13-9-17-12(8-18-13)11-3-2-4-15-7-11/h5-6,8-9,11,15H,2-4,7,10H2,1H3,(H,18,19)/t11-/m0/s1. The summed E-state index contributed by atoms with van der Waals surface area (Å²) in [5.74, 6) is 2.27. The van der Waals surface area contributed by atoms with Crippen LogP contribution in [0.3, 0.4) is 0 Å². The maximum absolute atomic E-state index is 4.53. The van der Waals surface area contributed by atoms with Gasteiger partial charge in [0.05, 0.1) is 24.6 Å². The second-order valence-corrected chi connectivity index (χ2v) is 5.18. The molecule has 106 valence electrons. The van der Waals surface area contributed by atoms with Gasteiger partial charge in [-0.25, -0.2) is 9.97 Å². The predicted octanol–water partition coefficient (Wildman–Crippen LogP) is 1.29. The molecule has 2 N–H and O–H groups in total. The minimum atomic E-state index is 0.500. The van der Waals surface area contributed by atoms with Crippen molar-refractivity contribution < 1.29 is 0 Å². The van der Waals surface area contributed by atoms with Crippen LogP contribution in [0.2, 0.25) is 0 Å². The van der Waals surface area contributed by atoms with Gasteiger partial charge < -0.3 is 15.2 Å². The van der Waals surface area contributed by atoms with Crippen molar-refractivity contribution in [2.24, 2.45) is 7.05 Å². The predicted molar refractivity (Wildman–Crippen MR) is 77.4 cm³/mol. The van der Waals surface area contributed by atoms with Crippen molar-refractivity contribution in [2.45, 2.75) is 25.3 Å². The van der Waals surface area contributed by atoms with E-state index >= 15 is 0 Å². The van der Waals surface area contributed by atoms with E-state index in [1.165, 1.54) is 12.8 Å². The van der Waals surface area contributed by atoms with Gasteiger partial charge in [0, 0.05) is 31.9 Å². The molecular formula is C14H20N6. The Kier molecular flexibility index (Phi) is 3.92. The number of anilines is 1. The first-order chi connectivity index (χ1) is 9.83. The lowest BCUT2D eigenvalue weighted by atomic mass is 9.97. The van der Waals surface area contributed by atoms with Crippen LogP contribution in [-0.2, 0) is 13.6 Å². The first kappa shape index (κ1) is 13.1. The van der Waals surface area contributed by atoms with Crippen LogP contribution in [0.5, 0.6) is 0 Å². The molecule has 1 aliphatic rings. The van der Waals surface area contributed by atoms with Gasteiger partial charge in [0.2, 0.25) is 0 Å². The monoisotopic (exact) mass is 272 g/mol. The molecule has 3 heterocycles. The lowest BCUT2D eigenvalue weighted by Crippen LogP contribution is -2.28. The average molecular weight is 272 g/mol. The van der Waals surface area contributed by atoms with Crippen LogP contribution in [0.4, 0.5) is 5.82 Å². The topological polar surface area (TPSA) is 67.7 Å². The van der Waals surface area contributed by atoms with Crippen LogP contribution in [0.15, 0.2) is 24.8 Å². The van der Waals surface area contributed by atoms with E-state index in [1.807, 2.05) is 30.2 Å². The number of aromatic nitrogens is 4. The maximum atomic E-state index is 4.53. The zero-order valence-corrected chi connectivity index (χ0v) is 11.7. The highest BCUT2D eigenvalue weighted by atomic mass is 15.1. The van der Waals surface area contributed by atoms with Crippen LogP contribution < -0.4 is 10.6 Å². The molecule has 1 aliphatic heterocycles. The zero-order chi connectivity index (χ0) is 13.8. The van der Waals surface area contributed by atoms with Gasteiger partial charge in [-0.3, -0.25) is 4.98 Å². The molecule has 20 heavy (non-hydrogen) atoms. The summed E-state index contributed by atoms with van der Waals surface area (Å²) in [5, 5.41) is 6.65. The largest absolute Gasteiger partial charge is 0.362 e. The summed E-state index contributed by atoms with van der Waals surface area (Å²) >= 11 is 0. The molecule has 6 heteroatoms. The highest BCUT2D eigenvalue weighted by Crippen LogP contribution is 2.21. The number of rotatable bonds is 4. The molecule has 0 aromatic carbocycles. The molecule has 0 amide bonds. The Morgan fingerprint density at radius 2 is 2.30 bits per heavy atom. The Bertz CT molecular complexity index is 541. The van der Waals surface area contributed by atoms with Gasteiger partial charge in [-0.05, 0) is 19.4 Å². The van der Waals surface area contributed by atoms with Gasteiger partial charge in [0.25, 0.3) is 0 Å². The van der Waals surface area contributed by atoms with Crippen LogP contribution in [0.1, 0.15) is 30.3 Å². The van der Waals surface area contributed by atoms with Crippen molar-refractivity contribution in [1.29, 1.82) is 0 Å². The van der Waals surface area contributed by atoms with E-state index in [1.54, 1.807) is 6.20 Å². The average Bonchev–Trinajstić information content (AvgIpc) is 2.92.